The topological polar surface area (TPSA) is 64.6 Å². The highest BCUT2D eigenvalue weighted by molar-refractivity contribution is 6.31. The van der Waals surface area contributed by atoms with E-state index >= 15 is 0 Å². The first kappa shape index (κ1) is 19.1. The minimum atomic E-state index is -0.951. The van der Waals surface area contributed by atoms with Gasteiger partial charge < -0.3 is 14.8 Å². The minimum absolute atomic E-state index is 0.0533. The van der Waals surface area contributed by atoms with E-state index in [0.29, 0.717) is 27.0 Å². The predicted molar refractivity (Wildman–Crippen MR) is 97.3 cm³/mol. The fraction of sp³-hybridized carbons (Fsp3) is 0.222. The molecule has 0 spiro atoms. The smallest absolute Gasteiger partial charge is 0.311 e. The third-order valence-electron chi connectivity index (χ3n) is 3.37. The van der Waals surface area contributed by atoms with Gasteiger partial charge in [0.1, 0.15) is 5.75 Å². The van der Waals surface area contributed by atoms with Gasteiger partial charge in [-0.25, -0.2) is 0 Å². The highest BCUT2D eigenvalue weighted by atomic mass is 35.5. The van der Waals surface area contributed by atoms with Crippen LogP contribution in [0.5, 0.6) is 5.75 Å². The van der Waals surface area contributed by atoms with E-state index in [0.717, 1.165) is 0 Å². The zero-order valence-electron chi connectivity index (χ0n) is 13.7. The Morgan fingerprint density at radius 3 is 2.36 bits per heavy atom. The Labute approximate surface area is 155 Å². The van der Waals surface area contributed by atoms with Gasteiger partial charge in [0.2, 0.25) is 0 Å². The quantitative estimate of drug-likeness (QED) is 0.764. The molecule has 5 nitrogen and oxygen atoms in total. The maximum atomic E-state index is 12.1. The first-order valence-electron chi connectivity index (χ1n) is 7.47. The van der Waals surface area contributed by atoms with Crippen molar-refractivity contribution in [3.8, 4) is 5.75 Å². The number of carbonyl (C=O) groups is 2. The van der Waals surface area contributed by atoms with Crippen LogP contribution in [-0.4, -0.2) is 25.1 Å². The van der Waals surface area contributed by atoms with Crippen LogP contribution < -0.4 is 10.1 Å². The van der Waals surface area contributed by atoms with Crippen LogP contribution >= 0.6 is 23.2 Å². The third-order valence-corrected chi connectivity index (χ3v) is 3.85. The summed E-state index contributed by atoms with van der Waals surface area (Å²) in [5.74, 6) is -0.465. The van der Waals surface area contributed by atoms with Crippen LogP contribution in [0, 0.1) is 0 Å². The summed E-state index contributed by atoms with van der Waals surface area (Å²) in [4.78, 5) is 24.2. The van der Waals surface area contributed by atoms with Crippen molar-refractivity contribution in [2.45, 2.75) is 19.4 Å². The maximum Gasteiger partial charge on any atom is 0.311 e. The molecule has 0 fully saturated rings. The van der Waals surface area contributed by atoms with Crippen molar-refractivity contribution >= 4 is 40.8 Å². The molecule has 0 unspecified atom stereocenters. The first-order chi connectivity index (χ1) is 11.9. The van der Waals surface area contributed by atoms with Crippen molar-refractivity contribution in [1.29, 1.82) is 0 Å². The summed E-state index contributed by atoms with van der Waals surface area (Å²) in [6.45, 7) is 1.50. The lowest BCUT2D eigenvalue weighted by molar-refractivity contribution is -0.152. The van der Waals surface area contributed by atoms with Crippen molar-refractivity contribution < 1.29 is 19.1 Å². The number of hydrogen-bond acceptors (Lipinski definition) is 4. The van der Waals surface area contributed by atoms with Gasteiger partial charge in [-0.15, -0.1) is 0 Å². The van der Waals surface area contributed by atoms with Crippen LogP contribution in [-0.2, 0) is 20.7 Å². The van der Waals surface area contributed by atoms with Crippen molar-refractivity contribution in [2.75, 3.05) is 12.4 Å². The fourth-order valence-electron chi connectivity index (χ4n) is 2.11. The Hall–Kier alpha value is -2.24. The summed E-state index contributed by atoms with van der Waals surface area (Å²) in [6, 6.07) is 11.6. The van der Waals surface area contributed by atoms with Crippen molar-refractivity contribution in [2.24, 2.45) is 0 Å². The number of ether oxygens (including phenoxy) is 2. The number of methoxy groups -OCH3 is 1. The molecule has 2 rings (SSSR count). The zero-order valence-corrected chi connectivity index (χ0v) is 15.2. The van der Waals surface area contributed by atoms with E-state index in [4.69, 9.17) is 32.7 Å². The molecule has 1 atom stereocenters. The van der Waals surface area contributed by atoms with Gasteiger partial charge in [0.15, 0.2) is 6.10 Å². The zero-order chi connectivity index (χ0) is 18.4. The van der Waals surface area contributed by atoms with Crippen LogP contribution in [0.15, 0.2) is 42.5 Å². The summed E-state index contributed by atoms with van der Waals surface area (Å²) in [5, 5.41) is 3.70. The lowest BCUT2D eigenvalue weighted by Crippen LogP contribution is -2.30. The van der Waals surface area contributed by atoms with Gasteiger partial charge in [-0.2, -0.15) is 0 Å². The van der Waals surface area contributed by atoms with E-state index in [1.807, 2.05) is 0 Å². The number of benzene rings is 2. The third kappa shape index (κ3) is 5.66. The molecule has 0 aromatic heterocycles. The van der Waals surface area contributed by atoms with Crippen LogP contribution in [0.4, 0.5) is 5.69 Å². The van der Waals surface area contributed by atoms with Gasteiger partial charge in [0, 0.05) is 21.3 Å². The Kier molecular flexibility index (Phi) is 6.67. The lowest BCUT2D eigenvalue weighted by Gasteiger charge is -2.14. The van der Waals surface area contributed by atoms with Crippen molar-refractivity contribution in [3.05, 3.63) is 58.1 Å². The number of carbonyl (C=O) groups excluding carboxylic acids is 2. The number of halogens is 2. The first-order valence-corrected chi connectivity index (χ1v) is 8.23. The standard InChI is InChI=1S/C18H17Cl2NO4/c1-11(18(23)21-15-6-3-13(19)4-7-15)25-17(22)10-12-9-14(20)5-8-16(12)24-2/h3-9,11H,10H2,1-2H3,(H,21,23)/t11-/m0/s1. The largest absolute Gasteiger partial charge is 0.496 e. The predicted octanol–water partition coefficient (Wildman–Crippen LogP) is 4.11. The second kappa shape index (κ2) is 8.74. The number of rotatable bonds is 6. The molecule has 2 aromatic carbocycles. The summed E-state index contributed by atoms with van der Waals surface area (Å²) in [5.41, 5.74) is 1.15. The Morgan fingerprint density at radius 2 is 1.72 bits per heavy atom. The van der Waals surface area contributed by atoms with Gasteiger partial charge >= 0.3 is 5.97 Å². The molecule has 25 heavy (non-hydrogen) atoms. The van der Waals surface area contributed by atoms with E-state index < -0.39 is 18.0 Å². The Bertz CT molecular complexity index is 762. The molecule has 1 N–H and O–H groups in total. The van der Waals surface area contributed by atoms with Gasteiger partial charge in [-0.3, -0.25) is 9.59 Å². The van der Waals surface area contributed by atoms with E-state index in [-0.39, 0.29) is 6.42 Å². The summed E-state index contributed by atoms with van der Waals surface area (Å²) < 4.78 is 10.4. The SMILES string of the molecule is COc1ccc(Cl)cc1CC(=O)O[C@@H](C)C(=O)Nc1ccc(Cl)cc1. The van der Waals surface area contributed by atoms with Gasteiger partial charge in [-0.05, 0) is 49.4 Å². The normalized spacial score (nSPS) is 11.5. The number of anilines is 1. The molecule has 132 valence electrons. The van der Waals surface area contributed by atoms with E-state index in [9.17, 15) is 9.59 Å². The van der Waals surface area contributed by atoms with Crippen LogP contribution in [0.25, 0.3) is 0 Å². The summed E-state index contributed by atoms with van der Waals surface area (Å²) in [6.07, 6.45) is -1.00. The van der Waals surface area contributed by atoms with Crippen LogP contribution in [0.1, 0.15) is 12.5 Å². The molecule has 0 saturated heterocycles. The molecule has 7 heteroatoms. The second-order valence-corrected chi connectivity index (χ2v) is 6.13. The van der Waals surface area contributed by atoms with Gasteiger partial charge in [0.05, 0.1) is 13.5 Å². The molecule has 0 aliphatic carbocycles. The van der Waals surface area contributed by atoms with Crippen molar-refractivity contribution in [1.82, 2.24) is 0 Å². The molecule has 0 heterocycles. The summed E-state index contributed by atoms with van der Waals surface area (Å²) >= 11 is 11.7. The van der Waals surface area contributed by atoms with Crippen LogP contribution in [0.3, 0.4) is 0 Å². The molecular weight excluding hydrogens is 365 g/mol. The number of amides is 1. The Balaban J connectivity index is 1.94. The number of nitrogens with one attached hydrogen (secondary N) is 1. The average molecular weight is 382 g/mol. The van der Waals surface area contributed by atoms with Gasteiger partial charge in [0.25, 0.3) is 5.91 Å². The monoisotopic (exact) mass is 381 g/mol. The van der Waals surface area contributed by atoms with E-state index in [2.05, 4.69) is 5.32 Å². The molecule has 0 aliphatic rings. The molecule has 1 amide bonds. The number of hydrogen-bond donors (Lipinski definition) is 1. The Morgan fingerprint density at radius 1 is 1.08 bits per heavy atom. The fourth-order valence-corrected chi connectivity index (χ4v) is 2.43. The number of esters is 1. The molecule has 0 saturated carbocycles. The van der Waals surface area contributed by atoms with E-state index in [1.54, 1.807) is 42.5 Å². The summed E-state index contributed by atoms with van der Waals surface area (Å²) in [7, 11) is 1.50. The minimum Gasteiger partial charge on any atom is -0.496 e. The molecule has 2 aromatic rings. The molecule has 0 bridgehead atoms. The maximum absolute atomic E-state index is 12.1. The average Bonchev–Trinajstić information content (AvgIpc) is 2.57. The second-order valence-electron chi connectivity index (χ2n) is 5.26. The molecular formula is C18H17Cl2NO4. The van der Waals surface area contributed by atoms with E-state index in [1.165, 1.54) is 14.0 Å². The molecule has 0 aliphatic heterocycles. The highest BCUT2D eigenvalue weighted by Gasteiger charge is 2.19. The lowest BCUT2D eigenvalue weighted by atomic mass is 10.1. The molecule has 0 radical (unpaired) electrons. The van der Waals surface area contributed by atoms with Gasteiger partial charge in [-0.1, -0.05) is 23.2 Å². The van der Waals surface area contributed by atoms with Crippen LogP contribution in [0.2, 0.25) is 10.0 Å². The van der Waals surface area contributed by atoms with Crippen molar-refractivity contribution in [3.63, 3.8) is 0 Å². The highest BCUT2D eigenvalue weighted by Crippen LogP contribution is 2.23.